The molecule has 0 saturated carbocycles. The van der Waals surface area contributed by atoms with Crippen LogP contribution >= 0.6 is 15.9 Å². The highest BCUT2D eigenvalue weighted by molar-refractivity contribution is 9.10. The van der Waals surface area contributed by atoms with E-state index in [4.69, 9.17) is 0 Å². The van der Waals surface area contributed by atoms with Gasteiger partial charge in [-0.25, -0.2) is 0 Å². The van der Waals surface area contributed by atoms with E-state index in [2.05, 4.69) is 31.3 Å². The number of carbonyl (C=O) groups excluding carboxylic acids is 1. The number of nitrogens with zero attached hydrogens (tertiary/aromatic N) is 3. The van der Waals surface area contributed by atoms with Gasteiger partial charge in [-0.2, -0.15) is 5.10 Å². The van der Waals surface area contributed by atoms with Crippen LogP contribution in [0.1, 0.15) is 12.0 Å². The van der Waals surface area contributed by atoms with Crippen LogP contribution in [0, 0.1) is 6.92 Å². The van der Waals surface area contributed by atoms with Gasteiger partial charge in [0.05, 0.1) is 17.4 Å². The number of fused-ring (bicyclic) bond motifs is 1. The van der Waals surface area contributed by atoms with Crippen LogP contribution in [0.15, 0.2) is 47.3 Å². The molecule has 0 spiro atoms. The van der Waals surface area contributed by atoms with E-state index in [-0.39, 0.29) is 5.91 Å². The molecule has 0 bridgehead atoms. The van der Waals surface area contributed by atoms with Crippen molar-refractivity contribution in [1.82, 2.24) is 14.8 Å². The van der Waals surface area contributed by atoms with Crippen molar-refractivity contribution in [3.8, 4) is 0 Å². The second-order valence-corrected chi connectivity index (χ2v) is 5.93. The third kappa shape index (κ3) is 3.17. The Morgan fingerprint density at radius 2 is 2.23 bits per heavy atom. The van der Waals surface area contributed by atoms with Crippen LogP contribution in [0.4, 0.5) is 5.69 Å². The summed E-state index contributed by atoms with van der Waals surface area (Å²) in [4.78, 5) is 16.5. The van der Waals surface area contributed by atoms with Gasteiger partial charge in [0.15, 0.2) is 0 Å². The van der Waals surface area contributed by atoms with Crippen LogP contribution in [0.3, 0.4) is 0 Å². The highest BCUT2D eigenvalue weighted by atomic mass is 79.9. The largest absolute Gasteiger partial charge is 0.324 e. The molecule has 0 saturated heterocycles. The molecule has 6 heteroatoms. The Hall–Kier alpha value is -2.21. The molecular weight excluding hydrogens is 344 g/mol. The highest BCUT2D eigenvalue weighted by Crippen LogP contribution is 2.28. The molecule has 0 aliphatic heterocycles. The molecule has 3 aromatic rings. The monoisotopic (exact) mass is 358 g/mol. The fourth-order valence-corrected chi connectivity index (χ4v) is 2.71. The first-order chi connectivity index (χ1) is 10.6. The maximum absolute atomic E-state index is 12.1. The maximum Gasteiger partial charge on any atom is 0.226 e. The van der Waals surface area contributed by atoms with Gasteiger partial charge in [0, 0.05) is 35.2 Å². The molecular formula is C16H15BrN4O. The Labute approximate surface area is 136 Å². The number of anilines is 1. The average Bonchev–Trinajstić information content (AvgIpc) is 2.94. The zero-order chi connectivity index (χ0) is 15.5. The predicted octanol–water partition coefficient (Wildman–Crippen LogP) is 3.53. The van der Waals surface area contributed by atoms with Gasteiger partial charge in [0.1, 0.15) is 0 Å². The van der Waals surface area contributed by atoms with Gasteiger partial charge in [-0.15, -0.1) is 0 Å². The maximum atomic E-state index is 12.1. The van der Waals surface area contributed by atoms with Crippen molar-refractivity contribution < 1.29 is 4.79 Å². The third-order valence-electron chi connectivity index (χ3n) is 3.32. The summed E-state index contributed by atoms with van der Waals surface area (Å²) in [6.45, 7) is 2.53. The third-order valence-corrected chi connectivity index (χ3v) is 4.01. The molecule has 2 heterocycles. The van der Waals surface area contributed by atoms with Gasteiger partial charge < -0.3 is 5.32 Å². The molecule has 0 atom stereocenters. The molecule has 0 fully saturated rings. The van der Waals surface area contributed by atoms with Gasteiger partial charge in [-0.3, -0.25) is 14.5 Å². The van der Waals surface area contributed by atoms with Gasteiger partial charge in [0.25, 0.3) is 0 Å². The summed E-state index contributed by atoms with van der Waals surface area (Å²) in [5.74, 6) is -0.0533. The Balaban J connectivity index is 1.73. The number of amides is 1. The molecule has 22 heavy (non-hydrogen) atoms. The summed E-state index contributed by atoms with van der Waals surface area (Å²) in [5.41, 5.74) is 2.59. The van der Waals surface area contributed by atoms with E-state index in [0.29, 0.717) is 13.0 Å². The summed E-state index contributed by atoms with van der Waals surface area (Å²) < 4.78 is 2.73. The molecule has 3 rings (SSSR count). The van der Waals surface area contributed by atoms with Crippen molar-refractivity contribution in [3.05, 3.63) is 52.9 Å². The van der Waals surface area contributed by atoms with Crippen molar-refractivity contribution in [2.24, 2.45) is 0 Å². The first kappa shape index (κ1) is 14.7. The first-order valence-electron chi connectivity index (χ1n) is 6.95. The number of benzene rings is 1. The number of hydrogen-bond donors (Lipinski definition) is 1. The number of aryl methyl sites for hydroxylation is 2. The molecule has 1 amide bonds. The quantitative estimate of drug-likeness (QED) is 0.775. The average molecular weight is 359 g/mol. The van der Waals surface area contributed by atoms with E-state index in [1.807, 2.05) is 37.4 Å². The van der Waals surface area contributed by atoms with Crippen LogP contribution in [-0.2, 0) is 11.3 Å². The second-order valence-electron chi connectivity index (χ2n) is 5.07. The number of rotatable bonds is 4. The molecule has 112 valence electrons. The topological polar surface area (TPSA) is 59.8 Å². The molecule has 0 radical (unpaired) electrons. The second kappa shape index (κ2) is 6.27. The Kier molecular flexibility index (Phi) is 4.20. The molecule has 2 aromatic heterocycles. The lowest BCUT2D eigenvalue weighted by molar-refractivity contribution is -0.116. The molecule has 0 aliphatic rings. The minimum Gasteiger partial charge on any atom is -0.324 e. The zero-order valence-electron chi connectivity index (χ0n) is 12.1. The van der Waals surface area contributed by atoms with E-state index >= 15 is 0 Å². The van der Waals surface area contributed by atoms with Crippen molar-refractivity contribution >= 4 is 38.4 Å². The SMILES string of the molecule is Cc1cnn(CCC(=O)Nc2ccc(Br)c3cccnc23)c1. The smallest absolute Gasteiger partial charge is 0.226 e. The number of hydrogen-bond acceptors (Lipinski definition) is 3. The standard InChI is InChI=1S/C16H15BrN4O/c1-11-9-19-21(10-11)8-6-15(22)20-14-5-4-13(17)12-3-2-7-18-16(12)14/h2-5,7,9-10H,6,8H2,1H3,(H,20,22). The van der Waals surface area contributed by atoms with Gasteiger partial charge in [-0.1, -0.05) is 22.0 Å². The summed E-state index contributed by atoms with van der Waals surface area (Å²) in [5, 5.41) is 8.08. The highest BCUT2D eigenvalue weighted by Gasteiger charge is 2.09. The minimum atomic E-state index is -0.0533. The Morgan fingerprint density at radius 1 is 1.36 bits per heavy atom. The lowest BCUT2D eigenvalue weighted by Gasteiger charge is -2.09. The van der Waals surface area contributed by atoms with Crippen LogP contribution in [0.2, 0.25) is 0 Å². The number of pyridine rings is 1. The number of aromatic nitrogens is 3. The van der Waals surface area contributed by atoms with Gasteiger partial charge >= 0.3 is 0 Å². The normalized spacial score (nSPS) is 10.8. The predicted molar refractivity (Wildman–Crippen MR) is 89.7 cm³/mol. The molecule has 5 nitrogen and oxygen atoms in total. The van der Waals surface area contributed by atoms with E-state index in [1.54, 1.807) is 17.1 Å². The van der Waals surface area contributed by atoms with Crippen LogP contribution in [0.25, 0.3) is 10.9 Å². The van der Waals surface area contributed by atoms with Gasteiger partial charge in [-0.05, 0) is 30.7 Å². The van der Waals surface area contributed by atoms with Crippen LogP contribution in [0.5, 0.6) is 0 Å². The van der Waals surface area contributed by atoms with E-state index in [1.165, 1.54) is 0 Å². The number of carbonyl (C=O) groups is 1. The van der Waals surface area contributed by atoms with E-state index < -0.39 is 0 Å². The number of halogens is 1. The minimum absolute atomic E-state index is 0.0533. The Bertz CT molecular complexity index is 828. The number of nitrogens with one attached hydrogen (secondary N) is 1. The summed E-state index contributed by atoms with van der Waals surface area (Å²) in [7, 11) is 0. The fraction of sp³-hybridized carbons (Fsp3) is 0.188. The first-order valence-corrected chi connectivity index (χ1v) is 7.75. The Morgan fingerprint density at radius 3 is 3.00 bits per heavy atom. The molecule has 1 N–H and O–H groups in total. The summed E-state index contributed by atoms with van der Waals surface area (Å²) in [6.07, 6.45) is 5.79. The molecule has 1 aromatic carbocycles. The summed E-state index contributed by atoms with van der Waals surface area (Å²) >= 11 is 3.50. The van der Waals surface area contributed by atoms with Crippen LogP contribution in [-0.4, -0.2) is 20.7 Å². The van der Waals surface area contributed by atoms with E-state index in [0.717, 1.165) is 26.6 Å². The van der Waals surface area contributed by atoms with Crippen molar-refractivity contribution in [2.45, 2.75) is 19.9 Å². The zero-order valence-corrected chi connectivity index (χ0v) is 13.7. The van der Waals surface area contributed by atoms with Crippen molar-refractivity contribution in [2.75, 3.05) is 5.32 Å². The van der Waals surface area contributed by atoms with Crippen molar-refractivity contribution in [3.63, 3.8) is 0 Å². The molecule has 0 unspecified atom stereocenters. The lowest BCUT2D eigenvalue weighted by atomic mass is 10.2. The summed E-state index contributed by atoms with van der Waals surface area (Å²) in [6, 6.07) is 7.61. The fourth-order valence-electron chi connectivity index (χ4n) is 2.26. The van der Waals surface area contributed by atoms with Crippen LogP contribution < -0.4 is 5.32 Å². The van der Waals surface area contributed by atoms with Gasteiger partial charge in [0.2, 0.25) is 5.91 Å². The molecule has 0 aliphatic carbocycles. The lowest BCUT2D eigenvalue weighted by Crippen LogP contribution is -2.15. The van der Waals surface area contributed by atoms with Crippen molar-refractivity contribution in [1.29, 1.82) is 0 Å². The van der Waals surface area contributed by atoms with E-state index in [9.17, 15) is 4.79 Å².